The smallest absolute Gasteiger partial charge is 0.141 e. The maximum absolute atomic E-state index is 12.8. The molecule has 3 nitrogen and oxygen atoms in total. The molecule has 0 amide bonds. The van der Waals surface area contributed by atoms with Gasteiger partial charge < -0.3 is 9.84 Å². The Morgan fingerprint density at radius 1 is 1.60 bits per heavy atom. The number of aliphatic hydroxyl groups is 1. The van der Waals surface area contributed by atoms with E-state index >= 15 is 0 Å². The van der Waals surface area contributed by atoms with Crippen LogP contribution in [0.3, 0.4) is 0 Å². The lowest BCUT2D eigenvalue weighted by Gasteiger charge is -2.14. The molecule has 2 unspecified atom stereocenters. The molecule has 2 atom stereocenters. The minimum atomic E-state index is -0.639. The Morgan fingerprint density at radius 2 is 2.47 bits per heavy atom. The van der Waals surface area contributed by atoms with Gasteiger partial charge in [-0.1, -0.05) is 0 Å². The van der Waals surface area contributed by atoms with Crippen LogP contribution in [0.25, 0.3) is 0 Å². The van der Waals surface area contributed by atoms with Crippen molar-refractivity contribution in [1.82, 2.24) is 4.98 Å². The van der Waals surface area contributed by atoms with Crippen molar-refractivity contribution in [3.05, 3.63) is 29.8 Å². The van der Waals surface area contributed by atoms with E-state index < -0.39 is 11.9 Å². The quantitative estimate of drug-likeness (QED) is 0.827. The number of aromatic nitrogens is 1. The maximum atomic E-state index is 12.8. The van der Waals surface area contributed by atoms with E-state index in [1.807, 2.05) is 0 Å². The normalized spacial score (nSPS) is 22.9. The van der Waals surface area contributed by atoms with Gasteiger partial charge in [0.15, 0.2) is 0 Å². The standard InChI is InChI=1S/C11H14FNO2/c12-10-4-9(5-13-6-10)11(14)3-8-1-2-15-7-8/h4-6,8,11,14H,1-3,7H2. The average molecular weight is 211 g/mol. The van der Waals surface area contributed by atoms with Crippen LogP contribution in [0.1, 0.15) is 24.5 Å². The van der Waals surface area contributed by atoms with Gasteiger partial charge in [0.1, 0.15) is 5.82 Å². The molecule has 1 saturated heterocycles. The molecule has 15 heavy (non-hydrogen) atoms. The lowest BCUT2D eigenvalue weighted by molar-refractivity contribution is 0.129. The molecular formula is C11H14FNO2. The fourth-order valence-corrected chi connectivity index (χ4v) is 1.83. The van der Waals surface area contributed by atoms with Crippen LogP contribution in [-0.2, 0) is 4.74 Å². The fraction of sp³-hybridized carbons (Fsp3) is 0.545. The third-order valence-electron chi connectivity index (χ3n) is 2.69. The molecule has 2 heterocycles. The maximum Gasteiger partial charge on any atom is 0.141 e. The third-order valence-corrected chi connectivity index (χ3v) is 2.69. The predicted octanol–water partition coefficient (Wildman–Crippen LogP) is 1.68. The number of aliphatic hydroxyl groups excluding tert-OH is 1. The summed E-state index contributed by atoms with van der Waals surface area (Å²) in [4.78, 5) is 3.71. The van der Waals surface area contributed by atoms with Crippen LogP contribution in [0.5, 0.6) is 0 Å². The molecule has 0 radical (unpaired) electrons. The van der Waals surface area contributed by atoms with Gasteiger partial charge in [0.05, 0.1) is 12.3 Å². The molecule has 1 aromatic heterocycles. The summed E-state index contributed by atoms with van der Waals surface area (Å²) in [6.45, 7) is 1.46. The van der Waals surface area contributed by atoms with Crippen molar-refractivity contribution in [3.63, 3.8) is 0 Å². The first-order chi connectivity index (χ1) is 7.25. The van der Waals surface area contributed by atoms with Crippen molar-refractivity contribution in [2.45, 2.75) is 18.9 Å². The van der Waals surface area contributed by atoms with E-state index in [4.69, 9.17) is 4.74 Å². The Bertz CT molecular complexity index is 326. The Morgan fingerprint density at radius 3 is 3.13 bits per heavy atom. The lowest BCUT2D eigenvalue weighted by atomic mass is 9.97. The number of rotatable bonds is 3. The Hall–Kier alpha value is -1.00. The summed E-state index contributed by atoms with van der Waals surface area (Å²) in [7, 11) is 0. The van der Waals surface area contributed by atoms with Gasteiger partial charge in [-0.2, -0.15) is 0 Å². The molecule has 1 N–H and O–H groups in total. The van der Waals surface area contributed by atoms with Crippen LogP contribution < -0.4 is 0 Å². The zero-order valence-electron chi connectivity index (χ0n) is 8.40. The highest BCUT2D eigenvalue weighted by atomic mass is 19.1. The first-order valence-corrected chi connectivity index (χ1v) is 5.12. The van der Waals surface area contributed by atoms with Crippen molar-refractivity contribution in [2.75, 3.05) is 13.2 Å². The number of hydrogen-bond donors (Lipinski definition) is 1. The minimum Gasteiger partial charge on any atom is -0.388 e. The summed E-state index contributed by atoms with van der Waals surface area (Å²) in [5, 5.41) is 9.84. The number of hydrogen-bond acceptors (Lipinski definition) is 3. The Balaban J connectivity index is 1.97. The van der Waals surface area contributed by atoms with Gasteiger partial charge in [-0.25, -0.2) is 4.39 Å². The fourth-order valence-electron chi connectivity index (χ4n) is 1.83. The number of pyridine rings is 1. The second-order valence-corrected chi connectivity index (χ2v) is 3.92. The van der Waals surface area contributed by atoms with E-state index in [1.54, 1.807) is 0 Å². The predicted molar refractivity (Wildman–Crippen MR) is 52.7 cm³/mol. The Labute approximate surface area is 87.9 Å². The molecule has 0 spiro atoms. The summed E-state index contributed by atoms with van der Waals surface area (Å²) in [5.41, 5.74) is 0.543. The van der Waals surface area contributed by atoms with Gasteiger partial charge in [-0.3, -0.25) is 4.98 Å². The van der Waals surface area contributed by atoms with Crippen molar-refractivity contribution in [2.24, 2.45) is 5.92 Å². The molecule has 0 saturated carbocycles. The molecule has 1 aliphatic heterocycles. The minimum absolute atomic E-state index is 0.378. The molecule has 1 aromatic rings. The highest BCUT2D eigenvalue weighted by Gasteiger charge is 2.20. The molecule has 0 aromatic carbocycles. The van der Waals surface area contributed by atoms with E-state index in [9.17, 15) is 9.50 Å². The van der Waals surface area contributed by atoms with Gasteiger partial charge in [-0.05, 0) is 24.8 Å². The van der Waals surface area contributed by atoms with Crippen molar-refractivity contribution in [1.29, 1.82) is 0 Å². The summed E-state index contributed by atoms with van der Waals surface area (Å²) >= 11 is 0. The van der Waals surface area contributed by atoms with Gasteiger partial charge in [-0.15, -0.1) is 0 Å². The topological polar surface area (TPSA) is 42.4 Å². The van der Waals surface area contributed by atoms with Crippen molar-refractivity contribution >= 4 is 0 Å². The average Bonchev–Trinajstić information content (AvgIpc) is 2.70. The summed E-state index contributed by atoms with van der Waals surface area (Å²) in [6.07, 6.45) is 3.59. The SMILES string of the molecule is OC(CC1CCOC1)c1cncc(F)c1. The van der Waals surface area contributed by atoms with E-state index in [0.29, 0.717) is 24.5 Å². The Kier molecular flexibility index (Phi) is 3.28. The van der Waals surface area contributed by atoms with Gasteiger partial charge in [0.25, 0.3) is 0 Å². The number of halogens is 1. The molecule has 0 bridgehead atoms. The first-order valence-electron chi connectivity index (χ1n) is 5.12. The molecule has 2 rings (SSSR count). The largest absolute Gasteiger partial charge is 0.388 e. The second-order valence-electron chi connectivity index (χ2n) is 3.92. The molecule has 4 heteroatoms. The van der Waals surface area contributed by atoms with Crippen LogP contribution in [0.2, 0.25) is 0 Å². The molecule has 0 aliphatic carbocycles. The molecule has 82 valence electrons. The van der Waals surface area contributed by atoms with Crippen LogP contribution in [-0.4, -0.2) is 23.3 Å². The third kappa shape index (κ3) is 2.73. The van der Waals surface area contributed by atoms with Crippen molar-refractivity contribution < 1.29 is 14.2 Å². The number of nitrogens with zero attached hydrogens (tertiary/aromatic N) is 1. The monoisotopic (exact) mass is 211 g/mol. The van der Waals surface area contributed by atoms with Gasteiger partial charge in [0.2, 0.25) is 0 Å². The zero-order valence-corrected chi connectivity index (χ0v) is 8.40. The second kappa shape index (κ2) is 4.68. The van der Waals surface area contributed by atoms with E-state index in [2.05, 4.69) is 4.98 Å². The highest BCUT2D eigenvalue weighted by molar-refractivity contribution is 5.13. The summed E-state index contributed by atoms with van der Waals surface area (Å²) in [5.74, 6) is -0.0301. The first kappa shape index (κ1) is 10.5. The van der Waals surface area contributed by atoms with Gasteiger partial charge in [0, 0.05) is 25.0 Å². The highest BCUT2D eigenvalue weighted by Crippen LogP contribution is 2.26. The number of ether oxygens (including phenoxy) is 1. The van der Waals surface area contributed by atoms with Crippen LogP contribution >= 0.6 is 0 Å². The molecule has 1 aliphatic rings. The van der Waals surface area contributed by atoms with E-state index in [1.165, 1.54) is 12.3 Å². The summed E-state index contributed by atoms with van der Waals surface area (Å²) in [6, 6.07) is 1.33. The lowest BCUT2D eigenvalue weighted by Crippen LogP contribution is -2.07. The molecule has 1 fully saturated rings. The van der Waals surface area contributed by atoms with Crippen LogP contribution in [0.15, 0.2) is 18.5 Å². The van der Waals surface area contributed by atoms with Gasteiger partial charge >= 0.3 is 0 Å². The van der Waals surface area contributed by atoms with Crippen molar-refractivity contribution in [3.8, 4) is 0 Å². The zero-order chi connectivity index (χ0) is 10.7. The van der Waals surface area contributed by atoms with Crippen LogP contribution in [0, 0.1) is 11.7 Å². The van der Waals surface area contributed by atoms with Crippen LogP contribution in [0.4, 0.5) is 4.39 Å². The van der Waals surface area contributed by atoms with E-state index in [-0.39, 0.29) is 0 Å². The molecular weight excluding hydrogens is 197 g/mol. The summed E-state index contributed by atoms with van der Waals surface area (Å²) < 4.78 is 18.1. The van der Waals surface area contributed by atoms with E-state index in [0.717, 1.165) is 19.2 Å².